The molecule has 1 atom stereocenters. The molecule has 0 bridgehead atoms. The standard InChI is InChI=1S/C12H14ClNO2/c1-4-16-11(15)12(2,14-3)9-5-7-10(13)8-6-9/h5-8H,3-4H2,1-2H3. The zero-order valence-corrected chi connectivity index (χ0v) is 10.1. The minimum absolute atomic E-state index is 0.317. The molecular weight excluding hydrogens is 226 g/mol. The van der Waals surface area contributed by atoms with E-state index in [-0.39, 0.29) is 0 Å². The van der Waals surface area contributed by atoms with Crippen LogP contribution < -0.4 is 0 Å². The van der Waals surface area contributed by atoms with Gasteiger partial charge in [-0.3, -0.25) is 4.99 Å². The van der Waals surface area contributed by atoms with Gasteiger partial charge in [-0.15, -0.1) is 0 Å². The third-order valence-corrected chi connectivity index (χ3v) is 2.65. The van der Waals surface area contributed by atoms with Crippen LogP contribution in [0.15, 0.2) is 29.3 Å². The zero-order chi connectivity index (χ0) is 12.2. The smallest absolute Gasteiger partial charge is 0.338 e. The fourth-order valence-corrected chi connectivity index (χ4v) is 1.45. The molecule has 0 saturated carbocycles. The van der Waals surface area contributed by atoms with Crippen LogP contribution in [0, 0.1) is 0 Å². The van der Waals surface area contributed by atoms with Gasteiger partial charge in [0.05, 0.1) is 6.61 Å². The third kappa shape index (κ3) is 2.42. The fraction of sp³-hybridized carbons (Fsp3) is 0.333. The van der Waals surface area contributed by atoms with Crippen LogP contribution in [0.2, 0.25) is 5.02 Å². The number of esters is 1. The second-order valence-corrected chi connectivity index (χ2v) is 3.89. The summed E-state index contributed by atoms with van der Waals surface area (Å²) in [5.74, 6) is -0.410. The van der Waals surface area contributed by atoms with E-state index in [1.165, 1.54) is 0 Å². The second-order valence-electron chi connectivity index (χ2n) is 3.46. The molecule has 1 aromatic rings. The van der Waals surface area contributed by atoms with Crippen LogP contribution in [0.3, 0.4) is 0 Å². The maximum Gasteiger partial charge on any atom is 0.338 e. The lowest BCUT2D eigenvalue weighted by Crippen LogP contribution is -2.32. The molecule has 4 heteroatoms. The van der Waals surface area contributed by atoms with E-state index in [1.807, 2.05) is 0 Å². The molecule has 0 aliphatic rings. The quantitative estimate of drug-likeness (QED) is 0.599. The third-order valence-electron chi connectivity index (χ3n) is 2.40. The van der Waals surface area contributed by atoms with Gasteiger partial charge >= 0.3 is 5.97 Å². The lowest BCUT2D eigenvalue weighted by Gasteiger charge is -2.22. The number of aliphatic imine (C=N–C) groups is 1. The molecule has 86 valence electrons. The summed E-state index contributed by atoms with van der Waals surface area (Å²) < 4.78 is 4.98. The summed E-state index contributed by atoms with van der Waals surface area (Å²) >= 11 is 5.78. The highest BCUT2D eigenvalue weighted by Crippen LogP contribution is 2.27. The topological polar surface area (TPSA) is 38.7 Å². The van der Waals surface area contributed by atoms with Gasteiger partial charge in [-0.25, -0.2) is 4.79 Å². The molecule has 0 amide bonds. The molecule has 16 heavy (non-hydrogen) atoms. The summed E-state index contributed by atoms with van der Waals surface area (Å²) in [7, 11) is 0. The predicted molar refractivity (Wildman–Crippen MR) is 65.0 cm³/mol. The molecule has 1 rings (SSSR count). The van der Waals surface area contributed by atoms with Gasteiger partial charge in [0.2, 0.25) is 0 Å². The molecular formula is C12H14ClNO2. The van der Waals surface area contributed by atoms with E-state index in [1.54, 1.807) is 38.1 Å². The number of carbonyl (C=O) groups excluding carboxylic acids is 1. The Balaban J connectivity index is 3.09. The van der Waals surface area contributed by atoms with Crippen molar-refractivity contribution in [3.8, 4) is 0 Å². The van der Waals surface area contributed by atoms with Crippen LogP contribution in [-0.4, -0.2) is 19.3 Å². The van der Waals surface area contributed by atoms with Crippen LogP contribution in [-0.2, 0) is 15.1 Å². The van der Waals surface area contributed by atoms with E-state index < -0.39 is 11.5 Å². The Morgan fingerprint density at radius 3 is 2.50 bits per heavy atom. The Labute approximate surface area is 100 Å². The second kappa shape index (κ2) is 5.12. The molecule has 0 fully saturated rings. The molecule has 1 unspecified atom stereocenters. The summed E-state index contributed by atoms with van der Waals surface area (Å²) in [6.45, 7) is 7.19. The van der Waals surface area contributed by atoms with Gasteiger partial charge in [-0.1, -0.05) is 23.7 Å². The average Bonchev–Trinajstić information content (AvgIpc) is 2.29. The van der Waals surface area contributed by atoms with Crippen molar-refractivity contribution in [1.29, 1.82) is 0 Å². The van der Waals surface area contributed by atoms with Gasteiger partial charge in [0.15, 0.2) is 5.54 Å². The number of rotatable bonds is 4. The molecule has 0 aliphatic heterocycles. The molecule has 0 aromatic heterocycles. The Kier molecular flexibility index (Phi) is 4.07. The van der Waals surface area contributed by atoms with Crippen molar-refractivity contribution in [2.24, 2.45) is 4.99 Å². The molecule has 0 saturated heterocycles. The van der Waals surface area contributed by atoms with E-state index in [0.717, 1.165) is 0 Å². The number of carbonyl (C=O) groups is 1. The first-order valence-corrected chi connectivity index (χ1v) is 5.33. The van der Waals surface area contributed by atoms with Crippen LogP contribution in [0.25, 0.3) is 0 Å². The first-order valence-electron chi connectivity index (χ1n) is 4.95. The number of nitrogens with zero attached hydrogens (tertiary/aromatic N) is 1. The number of benzene rings is 1. The highest BCUT2D eigenvalue weighted by molar-refractivity contribution is 6.30. The average molecular weight is 240 g/mol. The van der Waals surface area contributed by atoms with Crippen LogP contribution in [0.5, 0.6) is 0 Å². The van der Waals surface area contributed by atoms with E-state index in [9.17, 15) is 4.79 Å². The Hall–Kier alpha value is -1.35. The number of hydrogen-bond acceptors (Lipinski definition) is 3. The first-order chi connectivity index (χ1) is 7.54. The van der Waals surface area contributed by atoms with Gasteiger partial charge in [-0.2, -0.15) is 0 Å². The van der Waals surface area contributed by atoms with Crippen molar-refractivity contribution in [3.05, 3.63) is 34.9 Å². The van der Waals surface area contributed by atoms with Crippen LogP contribution in [0.4, 0.5) is 0 Å². The van der Waals surface area contributed by atoms with E-state index in [4.69, 9.17) is 16.3 Å². The molecule has 0 N–H and O–H groups in total. The van der Waals surface area contributed by atoms with Crippen molar-refractivity contribution >= 4 is 24.3 Å². The summed E-state index contributed by atoms with van der Waals surface area (Å²) in [5, 5.41) is 0.610. The SMILES string of the molecule is C=NC(C)(C(=O)OCC)c1ccc(Cl)cc1. The first kappa shape index (κ1) is 12.7. The fourth-order valence-electron chi connectivity index (χ4n) is 1.32. The number of halogens is 1. The molecule has 1 aromatic carbocycles. The van der Waals surface area contributed by atoms with Crippen molar-refractivity contribution in [2.75, 3.05) is 6.61 Å². The summed E-state index contributed by atoms with van der Waals surface area (Å²) in [6, 6.07) is 6.90. The van der Waals surface area contributed by atoms with E-state index in [2.05, 4.69) is 11.7 Å². The molecule has 0 spiro atoms. The van der Waals surface area contributed by atoms with Gasteiger partial charge in [0.1, 0.15) is 0 Å². The van der Waals surface area contributed by atoms with Crippen molar-refractivity contribution in [3.63, 3.8) is 0 Å². The van der Waals surface area contributed by atoms with Crippen molar-refractivity contribution in [2.45, 2.75) is 19.4 Å². The normalized spacial score (nSPS) is 13.9. The van der Waals surface area contributed by atoms with Crippen molar-refractivity contribution in [1.82, 2.24) is 0 Å². The zero-order valence-electron chi connectivity index (χ0n) is 9.37. The molecule has 0 radical (unpaired) electrons. The lowest BCUT2D eigenvalue weighted by molar-refractivity contribution is -0.149. The summed E-state index contributed by atoms with van der Waals surface area (Å²) in [4.78, 5) is 15.7. The largest absolute Gasteiger partial charge is 0.464 e. The van der Waals surface area contributed by atoms with Crippen LogP contribution in [0.1, 0.15) is 19.4 Å². The van der Waals surface area contributed by atoms with Gasteiger partial charge in [0.25, 0.3) is 0 Å². The minimum Gasteiger partial charge on any atom is -0.464 e. The van der Waals surface area contributed by atoms with E-state index >= 15 is 0 Å². The van der Waals surface area contributed by atoms with Crippen LogP contribution >= 0.6 is 11.6 Å². The lowest BCUT2D eigenvalue weighted by atomic mass is 9.93. The number of ether oxygens (including phenoxy) is 1. The number of hydrogen-bond donors (Lipinski definition) is 0. The minimum atomic E-state index is -1.07. The molecule has 0 aliphatic carbocycles. The van der Waals surface area contributed by atoms with Gasteiger partial charge in [0, 0.05) is 5.02 Å². The maximum absolute atomic E-state index is 11.8. The highest BCUT2D eigenvalue weighted by Gasteiger charge is 2.35. The Bertz CT molecular complexity index is 389. The monoisotopic (exact) mass is 239 g/mol. The Morgan fingerprint density at radius 1 is 1.50 bits per heavy atom. The predicted octanol–water partition coefficient (Wildman–Crippen LogP) is 2.82. The van der Waals surface area contributed by atoms with Gasteiger partial charge < -0.3 is 4.74 Å². The summed E-state index contributed by atoms with van der Waals surface area (Å²) in [6.07, 6.45) is 0. The molecule has 0 heterocycles. The van der Waals surface area contributed by atoms with Crippen molar-refractivity contribution < 1.29 is 9.53 Å². The maximum atomic E-state index is 11.8. The van der Waals surface area contributed by atoms with Gasteiger partial charge in [-0.05, 0) is 38.3 Å². The van der Waals surface area contributed by atoms with E-state index in [0.29, 0.717) is 17.2 Å². The Morgan fingerprint density at radius 2 is 2.06 bits per heavy atom. The highest BCUT2D eigenvalue weighted by atomic mass is 35.5. The summed E-state index contributed by atoms with van der Waals surface area (Å²) in [5.41, 5.74) is -0.356. The molecule has 3 nitrogen and oxygen atoms in total.